The van der Waals surface area contributed by atoms with Gasteiger partial charge in [-0.05, 0) is 32.2 Å². The van der Waals surface area contributed by atoms with E-state index in [1.54, 1.807) is 0 Å². The smallest absolute Gasteiger partial charge is 0.0713 e. The van der Waals surface area contributed by atoms with Crippen molar-refractivity contribution in [3.8, 4) is 0 Å². The molecule has 2 heteroatoms. The summed E-state index contributed by atoms with van der Waals surface area (Å²) in [6.45, 7) is 4.92. The van der Waals surface area contributed by atoms with E-state index in [1.165, 1.54) is 19.4 Å². The van der Waals surface area contributed by atoms with Crippen LogP contribution in [0.4, 0.5) is 0 Å². The number of hydrogen-bond acceptors (Lipinski definition) is 2. The molecule has 0 amide bonds. The molecule has 2 nitrogen and oxygen atoms in total. The summed E-state index contributed by atoms with van der Waals surface area (Å²) >= 11 is 0. The fourth-order valence-corrected chi connectivity index (χ4v) is 2.67. The molecule has 0 aromatic rings. The van der Waals surface area contributed by atoms with Crippen LogP contribution in [0.2, 0.25) is 0 Å². The molecule has 3 atom stereocenters. The first kappa shape index (κ1) is 8.27. The van der Waals surface area contributed by atoms with Gasteiger partial charge in [0.2, 0.25) is 0 Å². The maximum absolute atomic E-state index is 9.74. The first-order chi connectivity index (χ1) is 5.83. The molecule has 0 unspecified atom stereocenters. The van der Waals surface area contributed by atoms with E-state index in [4.69, 9.17) is 0 Å². The predicted octanol–water partition coefficient (Wildman–Crippen LogP) is 1.16. The van der Waals surface area contributed by atoms with Gasteiger partial charge in [-0.2, -0.15) is 0 Å². The van der Waals surface area contributed by atoms with Crippen LogP contribution in [0.3, 0.4) is 0 Å². The number of rotatable bonds is 2. The van der Waals surface area contributed by atoms with Gasteiger partial charge in [-0.1, -0.05) is 6.08 Å². The average Bonchev–Trinajstić information content (AvgIpc) is 2.56. The summed E-state index contributed by atoms with van der Waals surface area (Å²) in [6, 6.07) is 1.04. The maximum atomic E-state index is 9.74. The van der Waals surface area contributed by atoms with Crippen LogP contribution >= 0.6 is 0 Å². The van der Waals surface area contributed by atoms with Crippen molar-refractivity contribution >= 4 is 0 Å². The molecule has 2 rings (SSSR count). The molecule has 1 N–H and O–H groups in total. The molecular weight excluding hydrogens is 150 g/mol. The van der Waals surface area contributed by atoms with Crippen LogP contribution in [0, 0.1) is 0 Å². The topological polar surface area (TPSA) is 23.5 Å². The van der Waals surface area contributed by atoms with E-state index in [-0.39, 0.29) is 6.10 Å². The Bertz CT molecular complexity index is 181. The summed E-state index contributed by atoms with van der Waals surface area (Å²) in [7, 11) is 0. The Morgan fingerprint density at radius 1 is 1.58 bits per heavy atom. The van der Waals surface area contributed by atoms with E-state index >= 15 is 0 Å². The molecule has 2 aliphatic rings. The Hall–Kier alpha value is -0.340. The van der Waals surface area contributed by atoms with Crippen molar-refractivity contribution in [2.75, 3.05) is 6.54 Å². The summed E-state index contributed by atoms with van der Waals surface area (Å²) in [6.07, 6.45) is 6.34. The summed E-state index contributed by atoms with van der Waals surface area (Å²) in [4.78, 5) is 2.46. The van der Waals surface area contributed by atoms with E-state index < -0.39 is 0 Å². The second-order valence-corrected chi connectivity index (χ2v) is 3.93. The van der Waals surface area contributed by atoms with E-state index in [9.17, 15) is 5.11 Å². The minimum Gasteiger partial charge on any atom is -0.391 e. The monoisotopic (exact) mass is 167 g/mol. The molecule has 0 aromatic carbocycles. The van der Waals surface area contributed by atoms with Crippen molar-refractivity contribution in [1.29, 1.82) is 0 Å². The zero-order valence-electron chi connectivity index (χ0n) is 7.45. The normalized spacial score (nSPS) is 41.6. The lowest BCUT2D eigenvalue weighted by molar-refractivity contribution is 0.119. The van der Waals surface area contributed by atoms with E-state index in [1.807, 2.05) is 6.08 Å². The molecule has 2 aliphatic heterocycles. The van der Waals surface area contributed by atoms with Crippen LogP contribution in [0.5, 0.6) is 0 Å². The molecule has 2 fully saturated rings. The fourth-order valence-electron chi connectivity index (χ4n) is 2.67. The molecule has 2 saturated heterocycles. The highest BCUT2D eigenvalue weighted by Gasteiger charge is 2.41. The summed E-state index contributed by atoms with van der Waals surface area (Å²) in [5.41, 5.74) is 0. The highest BCUT2D eigenvalue weighted by Crippen LogP contribution is 2.34. The van der Waals surface area contributed by atoms with Gasteiger partial charge in [-0.3, -0.25) is 4.90 Å². The molecule has 0 bridgehead atoms. The third-order valence-corrected chi connectivity index (χ3v) is 3.21. The van der Waals surface area contributed by atoms with Gasteiger partial charge in [0.05, 0.1) is 6.10 Å². The quantitative estimate of drug-likeness (QED) is 0.624. The SMILES string of the molecule is C=CC[C@H]1[C@H](O)C[C@@H]2CCCN21. The fraction of sp³-hybridized carbons (Fsp3) is 0.800. The Kier molecular flexibility index (Phi) is 2.20. The number of fused-ring (bicyclic) bond motifs is 1. The van der Waals surface area contributed by atoms with Gasteiger partial charge in [0.25, 0.3) is 0 Å². The molecule has 0 aromatic heterocycles. The summed E-state index contributed by atoms with van der Waals surface area (Å²) in [5.74, 6) is 0. The Labute approximate surface area is 73.9 Å². The lowest BCUT2D eigenvalue weighted by atomic mass is 10.1. The van der Waals surface area contributed by atoms with E-state index in [0.717, 1.165) is 12.8 Å². The number of nitrogens with zero attached hydrogens (tertiary/aromatic N) is 1. The highest BCUT2D eigenvalue weighted by molar-refractivity contribution is 4.99. The molecule has 0 spiro atoms. The van der Waals surface area contributed by atoms with Crippen LogP contribution in [0.25, 0.3) is 0 Å². The van der Waals surface area contributed by atoms with Gasteiger partial charge in [0, 0.05) is 12.1 Å². The van der Waals surface area contributed by atoms with Crippen molar-refractivity contribution in [2.24, 2.45) is 0 Å². The number of aliphatic hydroxyl groups excluding tert-OH is 1. The van der Waals surface area contributed by atoms with Crippen LogP contribution in [0.1, 0.15) is 25.7 Å². The van der Waals surface area contributed by atoms with Crippen molar-refractivity contribution in [2.45, 2.75) is 43.9 Å². The number of hydrogen-bond donors (Lipinski definition) is 1. The molecule has 0 radical (unpaired) electrons. The molecule has 0 saturated carbocycles. The zero-order valence-corrected chi connectivity index (χ0v) is 7.45. The molecule has 12 heavy (non-hydrogen) atoms. The Morgan fingerprint density at radius 3 is 3.17 bits per heavy atom. The second-order valence-electron chi connectivity index (χ2n) is 3.93. The van der Waals surface area contributed by atoms with Crippen LogP contribution < -0.4 is 0 Å². The van der Waals surface area contributed by atoms with Gasteiger partial charge in [-0.25, -0.2) is 0 Å². The first-order valence-electron chi connectivity index (χ1n) is 4.87. The van der Waals surface area contributed by atoms with E-state index in [0.29, 0.717) is 12.1 Å². The van der Waals surface area contributed by atoms with E-state index in [2.05, 4.69) is 11.5 Å². The van der Waals surface area contributed by atoms with Crippen molar-refractivity contribution < 1.29 is 5.11 Å². The maximum Gasteiger partial charge on any atom is 0.0713 e. The summed E-state index contributed by atoms with van der Waals surface area (Å²) in [5, 5.41) is 9.74. The largest absolute Gasteiger partial charge is 0.391 e. The Morgan fingerprint density at radius 2 is 2.42 bits per heavy atom. The van der Waals surface area contributed by atoms with Crippen molar-refractivity contribution in [3.05, 3.63) is 12.7 Å². The van der Waals surface area contributed by atoms with Crippen LogP contribution in [0.15, 0.2) is 12.7 Å². The Balaban J connectivity index is 2.05. The lowest BCUT2D eigenvalue weighted by Crippen LogP contribution is -2.35. The average molecular weight is 167 g/mol. The standard InChI is InChI=1S/C10H17NO/c1-2-4-9-10(12)7-8-5-3-6-11(8)9/h2,8-10,12H,1,3-7H2/t8-,9-,10+/m0/s1. The van der Waals surface area contributed by atoms with Gasteiger partial charge < -0.3 is 5.11 Å². The van der Waals surface area contributed by atoms with Gasteiger partial charge in [0.15, 0.2) is 0 Å². The minimum atomic E-state index is -0.103. The van der Waals surface area contributed by atoms with Crippen LogP contribution in [-0.2, 0) is 0 Å². The van der Waals surface area contributed by atoms with Gasteiger partial charge in [-0.15, -0.1) is 6.58 Å². The second kappa shape index (κ2) is 3.19. The predicted molar refractivity (Wildman–Crippen MR) is 49.0 cm³/mol. The zero-order chi connectivity index (χ0) is 8.55. The summed E-state index contributed by atoms with van der Waals surface area (Å²) < 4.78 is 0. The third-order valence-electron chi connectivity index (χ3n) is 3.21. The minimum absolute atomic E-state index is 0.103. The van der Waals surface area contributed by atoms with Gasteiger partial charge in [0.1, 0.15) is 0 Å². The molecule has 68 valence electrons. The first-order valence-corrected chi connectivity index (χ1v) is 4.87. The number of aliphatic hydroxyl groups is 1. The molecule has 2 heterocycles. The molecular formula is C10H17NO. The van der Waals surface area contributed by atoms with Crippen molar-refractivity contribution in [1.82, 2.24) is 4.90 Å². The molecule has 0 aliphatic carbocycles. The highest BCUT2D eigenvalue weighted by atomic mass is 16.3. The third kappa shape index (κ3) is 1.19. The van der Waals surface area contributed by atoms with Crippen LogP contribution in [-0.4, -0.2) is 34.7 Å². The lowest BCUT2D eigenvalue weighted by Gasteiger charge is -2.23. The van der Waals surface area contributed by atoms with Gasteiger partial charge >= 0.3 is 0 Å². The van der Waals surface area contributed by atoms with Crippen molar-refractivity contribution in [3.63, 3.8) is 0 Å².